The molecule has 1 aliphatic heterocycles. The van der Waals surface area contributed by atoms with Gasteiger partial charge in [0, 0.05) is 11.4 Å². The summed E-state index contributed by atoms with van der Waals surface area (Å²) in [4.78, 5) is 23.9. The molecule has 0 radical (unpaired) electrons. The molecule has 6 nitrogen and oxygen atoms in total. The molecule has 20 heavy (non-hydrogen) atoms. The molecule has 2 aromatic rings. The van der Waals surface area contributed by atoms with Crippen molar-refractivity contribution in [2.45, 2.75) is 19.9 Å². The van der Waals surface area contributed by atoms with E-state index in [1.165, 1.54) is 11.2 Å². The van der Waals surface area contributed by atoms with Crippen LogP contribution in [0.5, 0.6) is 0 Å². The minimum atomic E-state index is -0.888. The zero-order valence-corrected chi connectivity index (χ0v) is 12.1. The van der Waals surface area contributed by atoms with Crippen molar-refractivity contribution in [1.29, 1.82) is 0 Å². The van der Waals surface area contributed by atoms with E-state index in [-0.39, 0.29) is 6.61 Å². The Kier molecular flexibility index (Phi) is 3.31. The number of hydrogen-bond donors (Lipinski definition) is 1. The van der Waals surface area contributed by atoms with Crippen molar-refractivity contribution in [3.63, 3.8) is 0 Å². The number of carboxylic acid groups (broad SMARTS) is 1. The largest absolute Gasteiger partial charge is 0.480 e. The van der Waals surface area contributed by atoms with E-state index in [2.05, 4.69) is 9.97 Å². The third-order valence-electron chi connectivity index (χ3n) is 3.63. The third-order valence-corrected chi connectivity index (χ3v) is 4.75. The van der Waals surface area contributed by atoms with Gasteiger partial charge in [0.1, 0.15) is 17.0 Å². The number of aliphatic carboxylic acids is 1. The fraction of sp³-hybridized carbons (Fsp3) is 0.462. The fourth-order valence-corrected chi connectivity index (χ4v) is 3.43. The number of ether oxygens (including phenoxy) is 1. The number of nitrogens with zero attached hydrogens (tertiary/aromatic N) is 3. The molecule has 3 heterocycles. The summed E-state index contributed by atoms with van der Waals surface area (Å²) in [5.41, 5.74) is 1.12. The van der Waals surface area contributed by atoms with Gasteiger partial charge in [0.25, 0.3) is 0 Å². The van der Waals surface area contributed by atoms with E-state index < -0.39 is 12.0 Å². The van der Waals surface area contributed by atoms with Crippen LogP contribution in [0.15, 0.2) is 6.33 Å². The first-order chi connectivity index (χ1) is 9.59. The number of carbonyl (C=O) groups is 1. The van der Waals surface area contributed by atoms with E-state index in [1.54, 1.807) is 11.3 Å². The van der Waals surface area contributed by atoms with Gasteiger partial charge in [-0.05, 0) is 19.4 Å². The molecule has 2 aromatic heterocycles. The molecule has 1 aliphatic rings. The van der Waals surface area contributed by atoms with Crippen LogP contribution in [0.2, 0.25) is 0 Å². The van der Waals surface area contributed by atoms with Gasteiger partial charge in [0.15, 0.2) is 6.04 Å². The first-order valence-corrected chi connectivity index (χ1v) is 7.19. The Bertz CT molecular complexity index is 670. The van der Waals surface area contributed by atoms with E-state index in [4.69, 9.17) is 4.74 Å². The summed E-state index contributed by atoms with van der Waals surface area (Å²) in [6.07, 6.45) is 1.50. The summed E-state index contributed by atoms with van der Waals surface area (Å²) < 4.78 is 5.28. The van der Waals surface area contributed by atoms with Crippen molar-refractivity contribution in [3.05, 3.63) is 16.8 Å². The number of carboxylic acids is 1. The van der Waals surface area contributed by atoms with Gasteiger partial charge in [0.2, 0.25) is 0 Å². The van der Waals surface area contributed by atoms with Gasteiger partial charge in [-0.25, -0.2) is 14.8 Å². The number of fused-ring (bicyclic) bond motifs is 1. The maximum absolute atomic E-state index is 11.4. The Labute approximate surface area is 120 Å². The van der Waals surface area contributed by atoms with Crippen molar-refractivity contribution in [1.82, 2.24) is 9.97 Å². The van der Waals surface area contributed by atoms with Gasteiger partial charge in [-0.2, -0.15) is 0 Å². The number of thiophene rings is 1. The first kappa shape index (κ1) is 13.3. The number of morpholine rings is 1. The quantitative estimate of drug-likeness (QED) is 0.906. The SMILES string of the molecule is Cc1sc2ncnc(N3CCOCC3C(=O)O)c2c1C. The molecule has 0 bridgehead atoms. The van der Waals surface area contributed by atoms with Gasteiger partial charge in [-0.1, -0.05) is 0 Å². The molecule has 106 valence electrons. The second-order valence-electron chi connectivity index (χ2n) is 4.78. The molecular formula is C13H15N3O3S. The van der Waals surface area contributed by atoms with Crippen molar-refractivity contribution in [3.8, 4) is 0 Å². The molecule has 1 unspecified atom stereocenters. The lowest BCUT2D eigenvalue weighted by Gasteiger charge is -2.34. The maximum atomic E-state index is 11.4. The Morgan fingerprint density at radius 3 is 3.05 bits per heavy atom. The lowest BCUT2D eigenvalue weighted by Crippen LogP contribution is -2.50. The molecule has 1 saturated heterocycles. The standard InChI is InChI=1S/C13H15N3O3S/c1-7-8(2)20-12-10(7)11(14-6-15-12)16-3-4-19-5-9(16)13(17)18/h6,9H,3-5H2,1-2H3,(H,17,18). The zero-order chi connectivity index (χ0) is 14.3. The monoisotopic (exact) mass is 293 g/mol. The fourth-order valence-electron chi connectivity index (χ4n) is 2.44. The molecule has 1 N–H and O–H groups in total. The second-order valence-corrected chi connectivity index (χ2v) is 5.99. The topological polar surface area (TPSA) is 75.5 Å². The minimum absolute atomic E-state index is 0.184. The van der Waals surface area contributed by atoms with Crippen molar-refractivity contribution >= 4 is 33.3 Å². The summed E-state index contributed by atoms with van der Waals surface area (Å²) in [5.74, 6) is -0.186. The van der Waals surface area contributed by atoms with Crippen molar-refractivity contribution in [2.75, 3.05) is 24.7 Å². The first-order valence-electron chi connectivity index (χ1n) is 6.37. The van der Waals surface area contributed by atoms with Crippen LogP contribution in [0.25, 0.3) is 10.2 Å². The van der Waals surface area contributed by atoms with Crippen molar-refractivity contribution in [2.24, 2.45) is 0 Å². The zero-order valence-electron chi connectivity index (χ0n) is 11.3. The number of hydrogen-bond acceptors (Lipinski definition) is 6. The summed E-state index contributed by atoms with van der Waals surface area (Å²) in [7, 11) is 0. The molecule has 0 spiro atoms. The minimum Gasteiger partial charge on any atom is -0.480 e. The summed E-state index contributed by atoms with van der Waals surface area (Å²) in [6, 6.07) is -0.693. The molecule has 7 heteroatoms. The molecule has 1 atom stereocenters. The van der Waals surface area contributed by atoms with Gasteiger partial charge in [0.05, 0.1) is 18.6 Å². The van der Waals surface area contributed by atoms with E-state index in [0.717, 1.165) is 15.8 Å². The smallest absolute Gasteiger partial charge is 0.328 e. The highest BCUT2D eigenvalue weighted by atomic mass is 32.1. The van der Waals surface area contributed by atoms with Crippen LogP contribution in [0.4, 0.5) is 5.82 Å². The Hall–Kier alpha value is -1.73. The highest BCUT2D eigenvalue weighted by molar-refractivity contribution is 7.18. The Morgan fingerprint density at radius 2 is 2.30 bits per heavy atom. The van der Waals surface area contributed by atoms with Gasteiger partial charge < -0.3 is 14.7 Å². The van der Waals surface area contributed by atoms with Crippen LogP contribution in [0, 0.1) is 13.8 Å². The summed E-state index contributed by atoms with van der Waals surface area (Å²) in [6.45, 7) is 5.29. The second kappa shape index (κ2) is 4.99. The Morgan fingerprint density at radius 1 is 1.50 bits per heavy atom. The van der Waals surface area contributed by atoms with Crippen LogP contribution in [-0.2, 0) is 9.53 Å². The average molecular weight is 293 g/mol. The molecule has 0 aromatic carbocycles. The lowest BCUT2D eigenvalue weighted by atomic mass is 10.1. The normalized spacial score (nSPS) is 19.5. The predicted octanol–water partition coefficient (Wildman–Crippen LogP) is 1.60. The molecule has 1 fully saturated rings. The molecule has 0 amide bonds. The molecule has 0 aliphatic carbocycles. The van der Waals surface area contributed by atoms with E-state index in [9.17, 15) is 9.90 Å². The van der Waals surface area contributed by atoms with E-state index in [1.807, 2.05) is 18.7 Å². The molecule has 0 saturated carbocycles. The number of rotatable bonds is 2. The number of aromatic nitrogens is 2. The summed E-state index contributed by atoms with van der Waals surface area (Å²) >= 11 is 1.61. The van der Waals surface area contributed by atoms with Crippen LogP contribution in [-0.4, -0.2) is 46.8 Å². The maximum Gasteiger partial charge on any atom is 0.328 e. The molecule has 3 rings (SSSR count). The number of anilines is 1. The number of aryl methyl sites for hydroxylation is 2. The van der Waals surface area contributed by atoms with E-state index >= 15 is 0 Å². The van der Waals surface area contributed by atoms with Gasteiger partial charge in [-0.3, -0.25) is 0 Å². The molecular weight excluding hydrogens is 278 g/mol. The highest BCUT2D eigenvalue weighted by Crippen LogP contribution is 2.35. The van der Waals surface area contributed by atoms with Crippen molar-refractivity contribution < 1.29 is 14.6 Å². The van der Waals surface area contributed by atoms with Crippen LogP contribution < -0.4 is 4.90 Å². The van der Waals surface area contributed by atoms with E-state index in [0.29, 0.717) is 19.0 Å². The van der Waals surface area contributed by atoms with Crippen LogP contribution >= 0.6 is 11.3 Å². The van der Waals surface area contributed by atoms with Gasteiger partial charge >= 0.3 is 5.97 Å². The predicted molar refractivity (Wildman–Crippen MR) is 76.5 cm³/mol. The van der Waals surface area contributed by atoms with Crippen LogP contribution in [0.1, 0.15) is 10.4 Å². The lowest BCUT2D eigenvalue weighted by molar-refractivity contribution is -0.141. The van der Waals surface area contributed by atoms with Crippen LogP contribution in [0.3, 0.4) is 0 Å². The summed E-state index contributed by atoms with van der Waals surface area (Å²) in [5, 5.41) is 10.3. The Balaban J connectivity index is 2.15. The third kappa shape index (κ3) is 2.03. The highest BCUT2D eigenvalue weighted by Gasteiger charge is 2.32. The average Bonchev–Trinajstić information content (AvgIpc) is 2.74. The van der Waals surface area contributed by atoms with Gasteiger partial charge in [-0.15, -0.1) is 11.3 Å².